The van der Waals surface area contributed by atoms with Crippen LogP contribution in [0.5, 0.6) is 0 Å². The van der Waals surface area contributed by atoms with E-state index < -0.39 is 59.3 Å². The lowest BCUT2D eigenvalue weighted by Gasteiger charge is -2.24. The molecule has 0 saturated carbocycles. The van der Waals surface area contributed by atoms with E-state index in [1.165, 1.54) is 17.0 Å². The van der Waals surface area contributed by atoms with Gasteiger partial charge in [-0.1, -0.05) is 41.9 Å². The fraction of sp³-hybridized carbons (Fsp3) is 0.286. The number of nitrogens with one attached hydrogen (secondary N) is 4. The summed E-state index contributed by atoms with van der Waals surface area (Å²) in [5.41, 5.74) is 10.8. The Bertz CT molecular complexity index is 1940. The van der Waals surface area contributed by atoms with Crippen LogP contribution in [-0.2, 0) is 36.9 Å². The minimum Gasteiger partial charge on any atom is -0.373 e. The molecule has 10 N–H and O–H groups in total. The maximum Gasteiger partial charge on any atom is 0.268 e. The van der Waals surface area contributed by atoms with E-state index in [1.54, 1.807) is 54.6 Å². The number of aromatic amines is 1. The van der Waals surface area contributed by atoms with Gasteiger partial charge in [0.25, 0.3) is 11.8 Å². The van der Waals surface area contributed by atoms with Gasteiger partial charge in [-0.15, -0.1) is 0 Å². The van der Waals surface area contributed by atoms with E-state index in [0.29, 0.717) is 22.2 Å². The summed E-state index contributed by atoms with van der Waals surface area (Å²) in [6.45, 7) is -0.139. The average molecular weight is 722 g/mol. The molecule has 51 heavy (non-hydrogen) atoms. The van der Waals surface area contributed by atoms with E-state index in [1.807, 2.05) is 0 Å². The predicted octanol–water partition coefficient (Wildman–Crippen LogP) is 1.17. The highest BCUT2D eigenvalue weighted by molar-refractivity contribution is 6.30. The van der Waals surface area contributed by atoms with Gasteiger partial charge in [-0.3, -0.25) is 29.3 Å². The van der Waals surface area contributed by atoms with Gasteiger partial charge in [0.15, 0.2) is 0 Å². The first-order chi connectivity index (χ1) is 24.2. The number of aliphatic hydroxyl groups excluding tert-OH is 1. The maximum atomic E-state index is 13.7. The van der Waals surface area contributed by atoms with Gasteiger partial charge in [-0.05, 0) is 60.0 Å². The summed E-state index contributed by atoms with van der Waals surface area (Å²) in [5, 5.41) is 30.7. The number of nitrogens with zero attached hydrogens (tertiary/aromatic N) is 1. The van der Waals surface area contributed by atoms with Gasteiger partial charge in [0.05, 0.1) is 11.7 Å². The molecule has 268 valence electrons. The van der Waals surface area contributed by atoms with Crippen LogP contribution in [0, 0.1) is 5.82 Å². The van der Waals surface area contributed by atoms with Crippen LogP contribution in [0.4, 0.5) is 10.1 Å². The molecule has 16 heteroatoms. The number of halogens is 2. The van der Waals surface area contributed by atoms with Gasteiger partial charge in [0.2, 0.25) is 23.3 Å². The minimum absolute atomic E-state index is 0.0226. The molecule has 4 atom stereocenters. The summed E-state index contributed by atoms with van der Waals surface area (Å²) in [7, 11) is 0. The third-order valence-electron chi connectivity index (χ3n) is 8.58. The molecule has 1 aliphatic rings. The van der Waals surface area contributed by atoms with Crippen molar-refractivity contribution in [3.63, 3.8) is 0 Å². The van der Waals surface area contributed by atoms with Gasteiger partial charge in [0.1, 0.15) is 18.1 Å². The number of rotatable bonds is 15. The number of aromatic nitrogens is 1. The summed E-state index contributed by atoms with van der Waals surface area (Å²) in [5.74, 6) is -4.50. The SMILES string of the molecule is NC(=O)CC[C@H](NC(O)c1cc2cc(N3CC[C@](O)(C(=O)NCc4cc(F)cc(Cl)c4)C3=O)ccc2[nH]1)C(=O)N[C@@H](Cc1ccccc1)C(N)=O. The fourth-order valence-electron chi connectivity index (χ4n) is 5.86. The van der Waals surface area contributed by atoms with E-state index in [-0.39, 0.29) is 49.5 Å². The molecule has 5 amide bonds. The first kappa shape index (κ1) is 36.9. The van der Waals surface area contributed by atoms with Crippen molar-refractivity contribution in [2.45, 2.75) is 56.1 Å². The Morgan fingerprint density at radius 2 is 1.75 bits per heavy atom. The number of anilines is 1. The van der Waals surface area contributed by atoms with E-state index in [4.69, 9.17) is 23.1 Å². The van der Waals surface area contributed by atoms with Crippen LogP contribution in [-0.4, -0.2) is 69.0 Å². The fourth-order valence-corrected chi connectivity index (χ4v) is 6.11. The van der Waals surface area contributed by atoms with Gasteiger partial charge in [-0.2, -0.15) is 0 Å². The zero-order valence-corrected chi connectivity index (χ0v) is 28.0. The second-order valence-electron chi connectivity index (χ2n) is 12.3. The maximum absolute atomic E-state index is 13.7. The zero-order chi connectivity index (χ0) is 36.9. The zero-order valence-electron chi connectivity index (χ0n) is 27.2. The number of primary amides is 2. The molecule has 5 rings (SSSR count). The Hall–Kier alpha value is -5.35. The highest BCUT2D eigenvalue weighted by atomic mass is 35.5. The average Bonchev–Trinajstić information content (AvgIpc) is 3.65. The molecule has 1 saturated heterocycles. The Kier molecular flexibility index (Phi) is 11.4. The molecule has 4 aromatic rings. The summed E-state index contributed by atoms with van der Waals surface area (Å²) in [6, 6.07) is 16.9. The van der Waals surface area contributed by atoms with Crippen LogP contribution in [0.2, 0.25) is 5.02 Å². The van der Waals surface area contributed by atoms with Crippen molar-refractivity contribution in [2.75, 3.05) is 11.4 Å². The lowest BCUT2D eigenvalue weighted by molar-refractivity contribution is -0.149. The normalized spacial score (nSPS) is 17.6. The number of amides is 5. The quantitative estimate of drug-likeness (QED) is 0.0654. The molecule has 0 aliphatic carbocycles. The first-order valence-electron chi connectivity index (χ1n) is 16.0. The highest BCUT2D eigenvalue weighted by Gasteiger charge is 2.51. The molecular formula is C35H37ClFN7O7. The highest BCUT2D eigenvalue weighted by Crippen LogP contribution is 2.32. The molecule has 3 aromatic carbocycles. The number of nitrogens with two attached hydrogens (primary N) is 2. The van der Waals surface area contributed by atoms with E-state index in [0.717, 1.165) is 11.6 Å². The van der Waals surface area contributed by atoms with E-state index in [2.05, 4.69) is 20.9 Å². The Morgan fingerprint density at radius 1 is 1.00 bits per heavy atom. The van der Waals surface area contributed by atoms with Gasteiger partial charge in [0, 0.05) is 54.0 Å². The monoisotopic (exact) mass is 721 g/mol. The number of carbonyl (C=O) groups excluding carboxylic acids is 5. The number of carbonyl (C=O) groups is 5. The van der Waals surface area contributed by atoms with Crippen LogP contribution < -0.4 is 32.3 Å². The van der Waals surface area contributed by atoms with Crippen molar-refractivity contribution in [1.29, 1.82) is 0 Å². The van der Waals surface area contributed by atoms with Crippen LogP contribution in [0.3, 0.4) is 0 Å². The molecule has 1 aromatic heterocycles. The van der Waals surface area contributed by atoms with Gasteiger partial charge >= 0.3 is 0 Å². The van der Waals surface area contributed by atoms with Gasteiger partial charge < -0.3 is 42.2 Å². The molecule has 0 bridgehead atoms. The topological polar surface area (TPSA) is 233 Å². The number of benzene rings is 3. The largest absolute Gasteiger partial charge is 0.373 e. The smallest absolute Gasteiger partial charge is 0.268 e. The Balaban J connectivity index is 1.26. The molecule has 1 aliphatic heterocycles. The number of hydrogen-bond donors (Lipinski definition) is 8. The molecule has 2 heterocycles. The Labute approximate surface area is 296 Å². The summed E-state index contributed by atoms with van der Waals surface area (Å²) >= 11 is 5.87. The lowest BCUT2D eigenvalue weighted by atomic mass is 10.0. The molecular weight excluding hydrogens is 685 g/mol. The summed E-state index contributed by atoms with van der Waals surface area (Å²) in [4.78, 5) is 67.6. The van der Waals surface area contributed by atoms with Crippen LogP contribution in [0.25, 0.3) is 10.9 Å². The minimum atomic E-state index is -2.36. The third-order valence-corrected chi connectivity index (χ3v) is 8.79. The second-order valence-corrected chi connectivity index (χ2v) is 12.7. The first-order valence-corrected chi connectivity index (χ1v) is 16.4. The molecule has 14 nitrogen and oxygen atoms in total. The molecule has 0 spiro atoms. The van der Waals surface area contributed by atoms with Crippen molar-refractivity contribution in [1.82, 2.24) is 20.9 Å². The van der Waals surface area contributed by atoms with E-state index >= 15 is 0 Å². The second kappa shape index (κ2) is 15.7. The number of H-pyrrole nitrogens is 1. The van der Waals surface area contributed by atoms with Crippen molar-refractivity contribution >= 4 is 57.7 Å². The number of aliphatic hydroxyl groups is 2. The van der Waals surface area contributed by atoms with Crippen molar-refractivity contribution < 1.29 is 38.6 Å². The predicted molar refractivity (Wildman–Crippen MR) is 185 cm³/mol. The standard InChI is InChI=1S/C35H37ClFN7O7/c36-22-12-20(13-23(37)17-22)18-40-33(49)35(51)10-11-44(34(35)50)24-6-7-25-21(15-24)16-28(41-25)32(48)42-26(8-9-29(38)45)31(47)43-27(30(39)46)14-19-4-2-1-3-5-19/h1-7,12-13,15-17,26-27,32,41-42,48,51H,8-11,14,18H2,(H2,38,45)(H2,39,46)(H,40,49)(H,43,47)/t26-,27-,32?,35-/m0/s1. The summed E-state index contributed by atoms with van der Waals surface area (Å²) < 4.78 is 13.7. The van der Waals surface area contributed by atoms with Crippen LogP contribution >= 0.6 is 11.6 Å². The number of hydrogen-bond acceptors (Lipinski definition) is 8. The Morgan fingerprint density at radius 3 is 2.43 bits per heavy atom. The summed E-state index contributed by atoms with van der Waals surface area (Å²) in [6.07, 6.45) is -1.81. The van der Waals surface area contributed by atoms with Crippen molar-refractivity contribution in [3.05, 3.63) is 100 Å². The number of fused-ring (bicyclic) bond motifs is 1. The van der Waals surface area contributed by atoms with Crippen molar-refractivity contribution in [3.8, 4) is 0 Å². The van der Waals surface area contributed by atoms with Crippen LogP contribution in [0.15, 0.2) is 72.8 Å². The van der Waals surface area contributed by atoms with Gasteiger partial charge in [-0.25, -0.2) is 4.39 Å². The van der Waals surface area contributed by atoms with Crippen molar-refractivity contribution in [2.24, 2.45) is 11.5 Å². The lowest BCUT2D eigenvalue weighted by Crippen LogP contribution is -2.53. The third kappa shape index (κ3) is 8.88. The molecule has 1 unspecified atom stereocenters. The van der Waals surface area contributed by atoms with Crippen LogP contribution in [0.1, 0.15) is 42.3 Å². The van der Waals surface area contributed by atoms with E-state index in [9.17, 15) is 38.6 Å². The molecule has 0 radical (unpaired) electrons. The molecule has 1 fully saturated rings.